The molecule has 0 N–H and O–H groups in total. The molecule has 0 unspecified atom stereocenters. The summed E-state index contributed by atoms with van der Waals surface area (Å²) in [4.78, 5) is 11.9. The average molecular weight is 456 g/mol. The molecule has 0 atom stereocenters. The third kappa shape index (κ3) is 5.46. The van der Waals surface area contributed by atoms with Crippen LogP contribution in [0.15, 0.2) is 77.7 Å². The largest absolute Gasteiger partial charge is 0.497 e. The first-order chi connectivity index (χ1) is 15.4. The smallest absolute Gasteiger partial charge is 0.337 e. The third-order valence-corrected chi connectivity index (χ3v) is 6.72. The van der Waals surface area contributed by atoms with Gasteiger partial charge in [-0.05, 0) is 53.6 Å². The van der Waals surface area contributed by atoms with Crippen LogP contribution in [0.2, 0.25) is 0 Å². The van der Waals surface area contributed by atoms with Gasteiger partial charge in [0.15, 0.2) is 0 Å². The van der Waals surface area contributed by atoms with E-state index in [9.17, 15) is 13.2 Å². The first-order valence-corrected chi connectivity index (χ1v) is 11.3. The van der Waals surface area contributed by atoms with Crippen LogP contribution in [-0.4, -0.2) is 40.0 Å². The number of nitrogens with zero attached hydrogens (tertiary/aromatic N) is 1. The molecule has 0 aromatic heterocycles. The van der Waals surface area contributed by atoms with Gasteiger partial charge in [0.05, 0.1) is 31.8 Å². The van der Waals surface area contributed by atoms with Crippen molar-refractivity contribution in [1.29, 1.82) is 0 Å². The number of benzene rings is 3. The van der Waals surface area contributed by atoms with E-state index in [0.717, 1.165) is 11.1 Å². The van der Waals surface area contributed by atoms with Crippen LogP contribution in [0.3, 0.4) is 0 Å². The molecule has 3 rings (SSSR count). The maximum atomic E-state index is 13.6. The number of carbonyl (C=O) groups excluding carboxylic acids is 1. The summed E-state index contributed by atoms with van der Waals surface area (Å²) in [6.45, 7) is 0.279. The standard InChI is InChI=1S/C24H25NO6S/c1-29-21-11-7-18(8-12-21)16-25(17-19-9-13-22(30-2)14-10-19)32(27,28)23-6-4-5-20(15-23)24(26)31-3/h4-15H,16-17H2,1-3H3. The molecule has 0 heterocycles. The lowest BCUT2D eigenvalue weighted by Crippen LogP contribution is -2.30. The quantitative estimate of drug-likeness (QED) is 0.456. The maximum absolute atomic E-state index is 13.6. The number of carbonyl (C=O) groups is 1. The Balaban J connectivity index is 1.98. The highest BCUT2D eigenvalue weighted by Gasteiger charge is 2.26. The van der Waals surface area contributed by atoms with Crippen molar-refractivity contribution < 1.29 is 27.4 Å². The lowest BCUT2D eigenvalue weighted by atomic mass is 10.2. The van der Waals surface area contributed by atoms with Gasteiger partial charge in [-0.2, -0.15) is 4.31 Å². The second-order valence-electron chi connectivity index (χ2n) is 6.99. The number of hydrogen-bond donors (Lipinski definition) is 0. The molecule has 3 aromatic carbocycles. The topological polar surface area (TPSA) is 82.1 Å². The van der Waals surface area contributed by atoms with Crippen molar-refractivity contribution in [3.8, 4) is 11.5 Å². The lowest BCUT2D eigenvalue weighted by molar-refractivity contribution is 0.0600. The number of esters is 1. The van der Waals surface area contributed by atoms with Crippen LogP contribution >= 0.6 is 0 Å². The zero-order chi connectivity index (χ0) is 23.1. The number of hydrogen-bond acceptors (Lipinski definition) is 6. The highest BCUT2D eigenvalue weighted by Crippen LogP contribution is 2.24. The first-order valence-electron chi connectivity index (χ1n) is 9.81. The highest BCUT2D eigenvalue weighted by molar-refractivity contribution is 7.89. The van der Waals surface area contributed by atoms with Gasteiger partial charge in [0, 0.05) is 13.1 Å². The first kappa shape index (κ1) is 23.3. The van der Waals surface area contributed by atoms with Gasteiger partial charge in [-0.1, -0.05) is 30.3 Å². The zero-order valence-corrected chi connectivity index (χ0v) is 19.0. The van der Waals surface area contributed by atoms with Crippen molar-refractivity contribution in [2.75, 3.05) is 21.3 Å². The minimum absolute atomic E-state index is 0.0161. The van der Waals surface area contributed by atoms with Crippen molar-refractivity contribution in [2.45, 2.75) is 18.0 Å². The molecule has 0 aliphatic heterocycles. The maximum Gasteiger partial charge on any atom is 0.337 e. The summed E-state index contributed by atoms with van der Waals surface area (Å²) in [7, 11) is 0.469. The Hall–Kier alpha value is -3.36. The average Bonchev–Trinajstić information content (AvgIpc) is 2.84. The summed E-state index contributed by atoms with van der Waals surface area (Å²) in [5.74, 6) is 0.770. The van der Waals surface area contributed by atoms with Crippen LogP contribution in [0.5, 0.6) is 11.5 Å². The minimum atomic E-state index is -3.93. The van der Waals surface area contributed by atoms with Gasteiger partial charge >= 0.3 is 5.97 Å². The summed E-state index contributed by atoms with van der Waals surface area (Å²) in [5.41, 5.74) is 1.77. The third-order valence-electron chi connectivity index (χ3n) is 4.93. The molecule has 0 fully saturated rings. The summed E-state index contributed by atoms with van der Waals surface area (Å²) in [6.07, 6.45) is 0. The van der Waals surface area contributed by atoms with Crippen molar-refractivity contribution in [1.82, 2.24) is 4.31 Å². The van der Waals surface area contributed by atoms with E-state index in [-0.39, 0.29) is 23.5 Å². The van der Waals surface area contributed by atoms with Gasteiger partial charge in [-0.15, -0.1) is 0 Å². The van der Waals surface area contributed by atoms with Crippen LogP contribution in [0.4, 0.5) is 0 Å². The molecule has 8 heteroatoms. The molecule has 168 valence electrons. The number of rotatable bonds is 9. The van der Waals surface area contributed by atoms with E-state index >= 15 is 0 Å². The molecule has 0 amide bonds. The molecule has 0 bridgehead atoms. The molecule has 0 spiro atoms. The van der Waals surface area contributed by atoms with Crippen molar-refractivity contribution in [2.24, 2.45) is 0 Å². The Bertz CT molecular complexity index is 1110. The van der Waals surface area contributed by atoms with E-state index in [1.54, 1.807) is 38.5 Å². The highest BCUT2D eigenvalue weighted by atomic mass is 32.2. The molecule has 7 nitrogen and oxygen atoms in total. The predicted octanol–water partition coefficient (Wildman–Crippen LogP) is 3.88. The molecular weight excluding hydrogens is 430 g/mol. The summed E-state index contributed by atoms with van der Waals surface area (Å²) >= 11 is 0. The fraction of sp³-hybridized carbons (Fsp3) is 0.208. The van der Waals surface area contributed by atoms with Gasteiger partial charge in [-0.25, -0.2) is 13.2 Å². The van der Waals surface area contributed by atoms with Gasteiger partial charge in [0.25, 0.3) is 0 Å². The van der Waals surface area contributed by atoms with E-state index < -0.39 is 16.0 Å². The number of ether oxygens (including phenoxy) is 3. The second kappa shape index (κ2) is 10.3. The molecule has 0 radical (unpaired) electrons. The van der Waals surface area contributed by atoms with E-state index in [0.29, 0.717) is 11.5 Å². The molecule has 0 saturated heterocycles. The molecular formula is C24H25NO6S. The fourth-order valence-electron chi connectivity index (χ4n) is 3.15. The molecule has 0 aliphatic rings. The van der Waals surface area contributed by atoms with Crippen LogP contribution in [0, 0.1) is 0 Å². The Morgan fingerprint density at radius 1 is 0.781 bits per heavy atom. The van der Waals surface area contributed by atoms with Crippen LogP contribution in [-0.2, 0) is 27.8 Å². The summed E-state index contributed by atoms with van der Waals surface area (Å²) in [6, 6.07) is 20.3. The molecule has 0 aliphatic carbocycles. The summed E-state index contributed by atoms with van der Waals surface area (Å²) < 4.78 is 43.6. The Morgan fingerprint density at radius 2 is 1.28 bits per heavy atom. The van der Waals surface area contributed by atoms with Crippen LogP contribution in [0.1, 0.15) is 21.5 Å². The fourth-order valence-corrected chi connectivity index (χ4v) is 4.61. The van der Waals surface area contributed by atoms with Crippen LogP contribution in [0.25, 0.3) is 0 Å². The minimum Gasteiger partial charge on any atom is -0.497 e. The monoisotopic (exact) mass is 455 g/mol. The predicted molar refractivity (Wildman–Crippen MR) is 120 cm³/mol. The van der Waals surface area contributed by atoms with E-state index in [1.165, 1.54) is 35.7 Å². The lowest BCUT2D eigenvalue weighted by Gasteiger charge is -2.23. The van der Waals surface area contributed by atoms with Gasteiger partial charge < -0.3 is 14.2 Å². The van der Waals surface area contributed by atoms with Crippen molar-refractivity contribution in [3.63, 3.8) is 0 Å². The van der Waals surface area contributed by atoms with E-state index in [2.05, 4.69) is 0 Å². The number of sulfonamides is 1. The molecule has 32 heavy (non-hydrogen) atoms. The van der Waals surface area contributed by atoms with Gasteiger partial charge in [-0.3, -0.25) is 0 Å². The Labute approximate surface area is 188 Å². The van der Waals surface area contributed by atoms with Crippen LogP contribution < -0.4 is 9.47 Å². The van der Waals surface area contributed by atoms with Crippen molar-refractivity contribution in [3.05, 3.63) is 89.5 Å². The Kier molecular flexibility index (Phi) is 7.50. The SMILES string of the molecule is COC(=O)c1cccc(S(=O)(=O)N(Cc2ccc(OC)cc2)Cc2ccc(OC)cc2)c1. The Morgan fingerprint density at radius 3 is 1.72 bits per heavy atom. The van der Waals surface area contributed by atoms with E-state index in [4.69, 9.17) is 14.2 Å². The summed E-state index contributed by atoms with van der Waals surface area (Å²) in [5, 5.41) is 0. The molecule has 3 aromatic rings. The van der Waals surface area contributed by atoms with Gasteiger partial charge in [0.1, 0.15) is 11.5 Å². The molecule has 0 saturated carbocycles. The van der Waals surface area contributed by atoms with E-state index in [1.807, 2.05) is 24.3 Å². The number of methoxy groups -OCH3 is 3. The zero-order valence-electron chi connectivity index (χ0n) is 18.1. The second-order valence-corrected chi connectivity index (χ2v) is 8.93. The normalized spacial score (nSPS) is 11.2. The van der Waals surface area contributed by atoms with Gasteiger partial charge in [0.2, 0.25) is 10.0 Å². The van der Waals surface area contributed by atoms with Crippen molar-refractivity contribution >= 4 is 16.0 Å².